The van der Waals surface area contributed by atoms with E-state index in [-0.39, 0.29) is 0 Å². The van der Waals surface area contributed by atoms with Crippen LogP contribution in [0.4, 0.5) is 0 Å². The molecule has 266 valence electrons. The van der Waals surface area contributed by atoms with E-state index in [1.165, 1.54) is 21.5 Å². The Balaban J connectivity index is 1.18. The molecular weight excluding hydrogens is 699 g/mol. The van der Waals surface area contributed by atoms with Gasteiger partial charge in [-0.3, -0.25) is 0 Å². The molecule has 0 aliphatic carbocycles. The van der Waals surface area contributed by atoms with Crippen molar-refractivity contribution in [2.75, 3.05) is 0 Å². The molecule has 57 heavy (non-hydrogen) atoms. The van der Waals surface area contributed by atoms with Gasteiger partial charge in [0.25, 0.3) is 0 Å². The highest BCUT2D eigenvalue weighted by Crippen LogP contribution is 2.45. The fourth-order valence-corrected chi connectivity index (χ4v) is 8.67. The van der Waals surface area contributed by atoms with Crippen molar-refractivity contribution < 1.29 is 4.42 Å². The van der Waals surface area contributed by atoms with Crippen LogP contribution in [0.2, 0.25) is 0 Å². The molecule has 6 nitrogen and oxygen atoms in total. The number of aromatic nitrogens is 5. The van der Waals surface area contributed by atoms with Crippen molar-refractivity contribution in [1.82, 2.24) is 24.1 Å². The van der Waals surface area contributed by atoms with Gasteiger partial charge in [0.1, 0.15) is 11.2 Å². The molecule has 0 aliphatic rings. The molecule has 0 fully saturated rings. The minimum atomic E-state index is 0.614. The SMILES string of the molecule is c1ccc(-c2nc(-c3ccccc3)nc(-c3cccc(-n4c5ccccc5c5ccc6c7ccc8oc9ccccc9c8c7n(-c7ccccc7)c6c54)c3)n2)cc1. The predicted molar refractivity (Wildman–Crippen MR) is 232 cm³/mol. The van der Waals surface area contributed by atoms with E-state index in [1.54, 1.807) is 0 Å². The topological polar surface area (TPSA) is 61.7 Å². The molecule has 0 unspecified atom stereocenters. The zero-order valence-electron chi connectivity index (χ0n) is 30.5. The first-order valence-corrected chi connectivity index (χ1v) is 19.1. The zero-order chi connectivity index (χ0) is 37.5. The summed E-state index contributed by atoms with van der Waals surface area (Å²) in [4.78, 5) is 15.1. The lowest BCUT2D eigenvalue weighted by molar-refractivity contribution is 0.669. The molecule has 4 aromatic heterocycles. The number of rotatable bonds is 5. The predicted octanol–water partition coefficient (Wildman–Crippen LogP) is 13.0. The van der Waals surface area contributed by atoms with Gasteiger partial charge in [-0.2, -0.15) is 0 Å². The molecule has 0 aliphatic heterocycles. The van der Waals surface area contributed by atoms with Gasteiger partial charge in [0.2, 0.25) is 0 Å². The summed E-state index contributed by atoms with van der Waals surface area (Å²) in [6.07, 6.45) is 0. The largest absolute Gasteiger partial charge is 0.456 e. The third-order valence-corrected chi connectivity index (χ3v) is 11.1. The molecule has 0 saturated carbocycles. The maximum Gasteiger partial charge on any atom is 0.164 e. The maximum atomic E-state index is 6.47. The first-order chi connectivity index (χ1) is 28.3. The summed E-state index contributed by atoms with van der Waals surface area (Å²) >= 11 is 0. The van der Waals surface area contributed by atoms with Gasteiger partial charge in [-0.1, -0.05) is 140 Å². The average Bonchev–Trinajstić information content (AvgIpc) is 3.95. The van der Waals surface area contributed by atoms with E-state index >= 15 is 0 Å². The third kappa shape index (κ3) is 4.81. The van der Waals surface area contributed by atoms with Gasteiger partial charge in [0, 0.05) is 55.0 Å². The van der Waals surface area contributed by atoms with Crippen molar-refractivity contribution in [2.24, 2.45) is 0 Å². The molecule has 0 amide bonds. The molecule has 0 spiro atoms. The summed E-state index contributed by atoms with van der Waals surface area (Å²) in [6, 6.07) is 65.5. The van der Waals surface area contributed by atoms with Crippen LogP contribution in [0, 0.1) is 0 Å². The van der Waals surface area contributed by atoms with Crippen molar-refractivity contribution in [2.45, 2.75) is 0 Å². The number of nitrogens with zero attached hydrogens (tertiary/aromatic N) is 5. The molecule has 4 heterocycles. The summed E-state index contributed by atoms with van der Waals surface area (Å²) in [7, 11) is 0. The Bertz CT molecular complexity index is 3450. The van der Waals surface area contributed by atoms with Crippen LogP contribution in [-0.4, -0.2) is 24.1 Å². The van der Waals surface area contributed by atoms with Gasteiger partial charge < -0.3 is 13.6 Å². The van der Waals surface area contributed by atoms with Crippen molar-refractivity contribution in [3.8, 4) is 45.5 Å². The lowest BCUT2D eigenvalue weighted by atomic mass is 10.1. The first-order valence-electron chi connectivity index (χ1n) is 19.1. The van der Waals surface area contributed by atoms with Crippen LogP contribution < -0.4 is 0 Å². The molecule has 12 aromatic rings. The lowest BCUT2D eigenvalue weighted by Crippen LogP contribution is -2.01. The van der Waals surface area contributed by atoms with Crippen LogP contribution in [0.1, 0.15) is 0 Å². The molecule has 0 saturated heterocycles. The molecule has 8 aromatic carbocycles. The van der Waals surface area contributed by atoms with E-state index in [1.807, 2.05) is 66.7 Å². The van der Waals surface area contributed by atoms with Gasteiger partial charge in [-0.15, -0.1) is 0 Å². The number of hydrogen-bond donors (Lipinski definition) is 0. The molecule has 12 rings (SSSR count). The van der Waals surface area contributed by atoms with Crippen LogP contribution in [0.5, 0.6) is 0 Å². The molecule has 0 bridgehead atoms. The van der Waals surface area contributed by atoms with Crippen LogP contribution in [0.3, 0.4) is 0 Å². The summed E-state index contributed by atoms with van der Waals surface area (Å²) < 4.78 is 11.3. The fraction of sp³-hybridized carbons (Fsp3) is 0. The van der Waals surface area contributed by atoms with Crippen LogP contribution in [0.15, 0.2) is 192 Å². The number of para-hydroxylation sites is 3. The second-order valence-corrected chi connectivity index (χ2v) is 14.4. The standard InChI is InChI=1S/C51H31N5O/c1-4-15-32(16-5-1)49-52-50(33-17-6-2-7-18-33)54-51(53-49)34-19-14-22-36(31-34)55-42-25-12-10-23-37(42)38-27-28-40-39-29-30-44-45(41-24-11-13-26-43(41)57-44)46(39)56(48(40)47(38)55)35-20-8-3-9-21-35/h1-31H. The van der Waals surface area contributed by atoms with E-state index in [9.17, 15) is 0 Å². The minimum absolute atomic E-state index is 0.614. The van der Waals surface area contributed by atoms with E-state index in [2.05, 4.69) is 130 Å². The van der Waals surface area contributed by atoms with Crippen LogP contribution in [0.25, 0.3) is 111 Å². The number of benzene rings is 8. The van der Waals surface area contributed by atoms with E-state index in [0.29, 0.717) is 17.5 Å². The van der Waals surface area contributed by atoms with E-state index < -0.39 is 0 Å². The number of hydrogen-bond acceptors (Lipinski definition) is 4. The minimum Gasteiger partial charge on any atom is -0.456 e. The van der Waals surface area contributed by atoms with Gasteiger partial charge in [-0.05, 0) is 48.5 Å². The summed E-state index contributed by atoms with van der Waals surface area (Å²) in [5.41, 5.74) is 11.1. The quantitative estimate of drug-likeness (QED) is 0.177. The number of fused-ring (bicyclic) bond motifs is 11. The molecule has 6 heteroatoms. The summed E-state index contributed by atoms with van der Waals surface area (Å²) in [6.45, 7) is 0. The second-order valence-electron chi connectivity index (χ2n) is 14.4. The Morgan fingerprint density at radius 1 is 0.333 bits per heavy atom. The second kappa shape index (κ2) is 12.3. The van der Waals surface area contributed by atoms with Gasteiger partial charge in [0.15, 0.2) is 17.5 Å². The van der Waals surface area contributed by atoms with Crippen molar-refractivity contribution in [1.29, 1.82) is 0 Å². The Labute approximate surface area is 326 Å². The van der Waals surface area contributed by atoms with Gasteiger partial charge in [0.05, 0.1) is 27.5 Å². The smallest absolute Gasteiger partial charge is 0.164 e. The van der Waals surface area contributed by atoms with Crippen LogP contribution >= 0.6 is 0 Å². The monoisotopic (exact) mass is 729 g/mol. The van der Waals surface area contributed by atoms with Crippen molar-refractivity contribution >= 4 is 65.6 Å². The maximum absolute atomic E-state index is 6.47. The van der Waals surface area contributed by atoms with E-state index in [0.717, 1.165) is 72.1 Å². The Morgan fingerprint density at radius 3 is 1.56 bits per heavy atom. The fourth-order valence-electron chi connectivity index (χ4n) is 8.67. The molecular formula is C51H31N5O. The van der Waals surface area contributed by atoms with Crippen molar-refractivity contribution in [3.05, 3.63) is 188 Å². The lowest BCUT2D eigenvalue weighted by Gasteiger charge is -2.14. The Morgan fingerprint density at radius 2 is 0.842 bits per heavy atom. The molecule has 0 N–H and O–H groups in total. The highest BCUT2D eigenvalue weighted by Gasteiger charge is 2.24. The summed E-state index contributed by atoms with van der Waals surface area (Å²) in [5.74, 6) is 1.88. The Kier molecular flexibility index (Phi) is 6.83. The van der Waals surface area contributed by atoms with E-state index in [4.69, 9.17) is 19.4 Å². The molecule has 0 atom stereocenters. The highest BCUT2D eigenvalue weighted by molar-refractivity contribution is 6.29. The highest BCUT2D eigenvalue weighted by atomic mass is 16.3. The zero-order valence-corrected chi connectivity index (χ0v) is 30.5. The normalized spacial score (nSPS) is 11.9. The third-order valence-electron chi connectivity index (χ3n) is 11.1. The van der Waals surface area contributed by atoms with Gasteiger partial charge >= 0.3 is 0 Å². The Hall–Kier alpha value is -7.83. The van der Waals surface area contributed by atoms with Crippen LogP contribution in [-0.2, 0) is 0 Å². The number of furan rings is 1. The summed E-state index contributed by atoms with van der Waals surface area (Å²) in [5, 5.41) is 6.92. The van der Waals surface area contributed by atoms with Crippen molar-refractivity contribution in [3.63, 3.8) is 0 Å². The van der Waals surface area contributed by atoms with Gasteiger partial charge in [-0.25, -0.2) is 15.0 Å². The first kappa shape index (κ1) is 31.5. The average molecular weight is 730 g/mol. The molecule has 0 radical (unpaired) electrons.